The maximum absolute atomic E-state index is 12.6. The molecular weight excluding hydrogens is 269 g/mol. The van der Waals surface area contributed by atoms with Crippen LogP contribution in [0.1, 0.15) is 5.56 Å². The summed E-state index contributed by atoms with van der Waals surface area (Å²) in [7, 11) is 0. The molecule has 0 amide bonds. The van der Waals surface area contributed by atoms with Crippen molar-refractivity contribution < 1.29 is 17.9 Å². The second-order valence-electron chi connectivity index (χ2n) is 3.54. The molecule has 0 saturated heterocycles. The maximum Gasteiger partial charge on any atom is 0.419 e. The Kier molecular flexibility index (Phi) is 4.84. The van der Waals surface area contributed by atoms with Crippen LogP contribution in [-0.4, -0.2) is 25.5 Å². The number of halogens is 4. The Morgan fingerprint density at radius 1 is 1.28 bits per heavy atom. The standard InChI is InChI=1S/C11H11F3N2O.ClH/c12-11(13,14)8-3-1-2-4-9(8)17-7-10-15-5-6-16-10;/h1-4H,5-7H2,(H,15,16);1H. The van der Waals surface area contributed by atoms with Crippen LogP contribution in [-0.2, 0) is 6.18 Å². The van der Waals surface area contributed by atoms with E-state index < -0.39 is 11.7 Å². The first kappa shape index (κ1) is 14.6. The number of ether oxygens (including phenoxy) is 1. The molecule has 3 nitrogen and oxygen atoms in total. The topological polar surface area (TPSA) is 33.6 Å². The molecule has 0 unspecified atom stereocenters. The molecule has 1 aromatic carbocycles. The highest BCUT2D eigenvalue weighted by molar-refractivity contribution is 5.85. The van der Waals surface area contributed by atoms with Crippen molar-refractivity contribution in [1.29, 1.82) is 0 Å². The minimum atomic E-state index is -4.40. The predicted molar refractivity (Wildman–Crippen MR) is 64.5 cm³/mol. The monoisotopic (exact) mass is 280 g/mol. The van der Waals surface area contributed by atoms with Crippen LogP contribution in [0.2, 0.25) is 0 Å². The summed E-state index contributed by atoms with van der Waals surface area (Å²) in [6, 6.07) is 5.15. The molecule has 1 aliphatic rings. The largest absolute Gasteiger partial charge is 0.485 e. The first-order chi connectivity index (χ1) is 8.07. The summed E-state index contributed by atoms with van der Waals surface area (Å²) < 4.78 is 43.0. The first-order valence-electron chi connectivity index (χ1n) is 5.13. The number of nitrogens with one attached hydrogen (secondary N) is 1. The smallest absolute Gasteiger partial charge is 0.419 e. The number of para-hydroxylation sites is 1. The van der Waals surface area contributed by atoms with E-state index in [0.717, 1.165) is 6.07 Å². The van der Waals surface area contributed by atoms with E-state index in [2.05, 4.69) is 10.3 Å². The predicted octanol–water partition coefficient (Wildman–Crippen LogP) is 2.51. The molecule has 2 rings (SSSR count). The normalized spacial score (nSPS) is 14.5. The Labute approximate surface area is 108 Å². The lowest BCUT2D eigenvalue weighted by atomic mass is 10.2. The van der Waals surface area contributed by atoms with Crippen LogP contribution in [0, 0.1) is 0 Å². The molecule has 1 aromatic rings. The Morgan fingerprint density at radius 3 is 2.61 bits per heavy atom. The quantitative estimate of drug-likeness (QED) is 0.923. The number of aliphatic imine (C=N–C) groups is 1. The summed E-state index contributed by atoms with van der Waals surface area (Å²) in [6.07, 6.45) is -4.40. The van der Waals surface area contributed by atoms with Crippen molar-refractivity contribution in [3.8, 4) is 5.75 Å². The van der Waals surface area contributed by atoms with E-state index in [4.69, 9.17) is 4.74 Å². The second kappa shape index (κ2) is 5.95. The summed E-state index contributed by atoms with van der Waals surface area (Å²) in [6.45, 7) is 1.38. The number of benzene rings is 1. The van der Waals surface area contributed by atoms with E-state index >= 15 is 0 Å². The van der Waals surface area contributed by atoms with Crippen molar-refractivity contribution in [3.63, 3.8) is 0 Å². The van der Waals surface area contributed by atoms with Gasteiger partial charge in [0.25, 0.3) is 0 Å². The highest BCUT2D eigenvalue weighted by atomic mass is 35.5. The van der Waals surface area contributed by atoms with Crippen molar-refractivity contribution in [1.82, 2.24) is 5.32 Å². The molecule has 100 valence electrons. The Balaban J connectivity index is 0.00000162. The van der Waals surface area contributed by atoms with Gasteiger partial charge in [-0.2, -0.15) is 13.2 Å². The molecule has 0 atom stereocenters. The Morgan fingerprint density at radius 2 is 2.00 bits per heavy atom. The minimum absolute atomic E-state index is 0. The van der Waals surface area contributed by atoms with Gasteiger partial charge in [0.2, 0.25) is 0 Å². The van der Waals surface area contributed by atoms with Crippen molar-refractivity contribution in [3.05, 3.63) is 29.8 Å². The third kappa shape index (κ3) is 3.53. The lowest BCUT2D eigenvalue weighted by Gasteiger charge is -2.13. The van der Waals surface area contributed by atoms with Crippen molar-refractivity contribution in [2.75, 3.05) is 19.7 Å². The minimum Gasteiger partial charge on any atom is -0.485 e. The highest BCUT2D eigenvalue weighted by Gasteiger charge is 2.34. The maximum atomic E-state index is 12.6. The van der Waals surface area contributed by atoms with Gasteiger partial charge in [0.05, 0.1) is 12.1 Å². The molecule has 7 heteroatoms. The number of alkyl halides is 3. The van der Waals surface area contributed by atoms with E-state index in [1.165, 1.54) is 18.2 Å². The van der Waals surface area contributed by atoms with Gasteiger partial charge in [0, 0.05) is 6.54 Å². The fraction of sp³-hybridized carbons (Fsp3) is 0.364. The molecule has 1 aliphatic heterocycles. The molecule has 1 heterocycles. The van der Waals surface area contributed by atoms with Gasteiger partial charge in [0.1, 0.15) is 18.2 Å². The van der Waals surface area contributed by atoms with E-state index in [1.54, 1.807) is 0 Å². The van der Waals surface area contributed by atoms with Gasteiger partial charge in [-0.25, -0.2) is 0 Å². The molecule has 0 aromatic heterocycles. The molecule has 0 aliphatic carbocycles. The molecule has 18 heavy (non-hydrogen) atoms. The molecule has 0 bridgehead atoms. The van der Waals surface area contributed by atoms with Gasteiger partial charge in [-0.15, -0.1) is 12.4 Å². The van der Waals surface area contributed by atoms with Gasteiger partial charge in [0.15, 0.2) is 0 Å². The Hall–Kier alpha value is -1.43. The van der Waals surface area contributed by atoms with Gasteiger partial charge in [-0.3, -0.25) is 4.99 Å². The first-order valence-corrected chi connectivity index (χ1v) is 5.13. The second-order valence-corrected chi connectivity index (χ2v) is 3.54. The third-order valence-corrected chi connectivity index (χ3v) is 2.30. The average molecular weight is 281 g/mol. The fourth-order valence-electron chi connectivity index (χ4n) is 1.52. The highest BCUT2D eigenvalue weighted by Crippen LogP contribution is 2.35. The molecule has 0 fully saturated rings. The van der Waals surface area contributed by atoms with Gasteiger partial charge in [-0.1, -0.05) is 12.1 Å². The molecule has 0 spiro atoms. The molecule has 1 N–H and O–H groups in total. The van der Waals surface area contributed by atoms with Crippen LogP contribution in [0.15, 0.2) is 29.3 Å². The number of hydrogen-bond donors (Lipinski definition) is 1. The van der Waals surface area contributed by atoms with E-state index in [-0.39, 0.29) is 24.8 Å². The zero-order valence-corrected chi connectivity index (χ0v) is 10.1. The fourth-order valence-corrected chi connectivity index (χ4v) is 1.52. The average Bonchev–Trinajstić information content (AvgIpc) is 2.78. The summed E-state index contributed by atoms with van der Waals surface area (Å²) in [5.41, 5.74) is -0.765. The lowest BCUT2D eigenvalue weighted by molar-refractivity contribution is -0.138. The SMILES string of the molecule is Cl.FC(F)(F)c1ccccc1OCC1=NCCN1. The zero-order valence-electron chi connectivity index (χ0n) is 9.33. The van der Waals surface area contributed by atoms with Crippen LogP contribution in [0.25, 0.3) is 0 Å². The van der Waals surface area contributed by atoms with Gasteiger partial charge < -0.3 is 10.1 Å². The third-order valence-electron chi connectivity index (χ3n) is 2.30. The van der Waals surface area contributed by atoms with E-state index in [0.29, 0.717) is 18.9 Å². The number of nitrogens with zero attached hydrogens (tertiary/aromatic N) is 1. The molecule has 0 saturated carbocycles. The van der Waals surface area contributed by atoms with Crippen molar-refractivity contribution >= 4 is 18.2 Å². The van der Waals surface area contributed by atoms with Crippen LogP contribution in [0.4, 0.5) is 13.2 Å². The molecule has 0 radical (unpaired) electrons. The summed E-state index contributed by atoms with van der Waals surface area (Å²) >= 11 is 0. The van der Waals surface area contributed by atoms with Crippen LogP contribution < -0.4 is 10.1 Å². The summed E-state index contributed by atoms with van der Waals surface area (Å²) in [5, 5.41) is 2.93. The van der Waals surface area contributed by atoms with Gasteiger partial charge in [-0.05, 0) is 12.1 Å². The molecular formula is C11H12ClF3N2O. The number of amidine groups is 1. The van der Waals surface area contributed by atoms with Crippen molar-refractivity contribution in [2.45, 2.75) is 6.18 Å². The van der Waals surface area contributed by atoms with Crippen LogP contribution in [0.3, 0.4) is 0 Å². The summed E-state index contributed by atoms with van der Waals surface area (Å²) in [5.74, 6) is 0.415. The lowest BCUT2D eigenvalue weighted by Crippen LogP contribution is -2.25. The van der Waals surface area contributed by atoms with Crippen LogP contribution >= 0.6 is 12.4 Å². The van der Waals surface area contributed by atoms with Crippen LogP contribution in [0.5, 0.6) is 5.75 Å². The Bertz CT molecular complexity index is 435. The van der Waals surface area contributed by atoms with Gasteiger partial charge >= 0.3 is 6.18 Å². The van der Waals surface area contributed by atoms with E-state index in [9.17, 15) is 13.2 Å². The zero-order chi connectivity index (χ0) is 12.3. The number of rotatable bonds is 3. The van der Waals surface area contributed by atoms with Crippen molar-refractivity contribution in [2.24, 2.45) is 4.99 Å². The number of hydrogen-bond acceptors (Lipinski definition) is 3. The van der Waals surface area contributed by atoms with E-state index in [1.807, 2.05) is 0 Å². The summed E-state index contributed by atoms with van der Waals surface area (Å²) in [4.78, 5) is 4.04.